The zero-order valence-electron chi connectivity index (χ0n) is 32.4. The number of rotatable bonds is 30. The van der Waals surface area contributed by atoms with E-state index in [4.69, 9.17) is 33.2 Å². The molecule has 0 spiro atoms. The molecule has 14 nitrogen and oxygen atoms in total. The van der Waals surface area contributed by atoms with Crippen molar-refractivity contribution in [3.05, 3.63) is 95.1 Å². The zero-order valence-corrected chi connectivity index (χ0v) is 34.1. The number of hydrogen-bond donors (Lipinski definition) is 1. The van der Waals surface area contributed by atoms with E-state index in [0.29, 0.717) is 79.3 Å². The van der Waals surface area contributed by atoms with Crippen LogP contribution in [0.1, 0.15) is 31.8 Å². The van der Waals surface area contributed by atoms with Crippen LogP contribution < -0.4 is 5.32 Å². The highest BCUT2D eigenvalue weighted by atomic mass is 32.2. The van der Waals surface area contributed by atoms with Crippen molar-refractivity contribution in [1.82, 2.24) is 5.32 Å². The van der Waals surface area contributed by atoms with Crippen LogP contribution in [0.15, 0.2) is 82.6 Å². The van der Waals surface area contributed by atoms with Crippen molar-refractivity contribution in [3.8, 4) is 0 Å². The Balaban J connectivity index is 1.36. The summed E-state index contributed by atoms with van der Waals surface area (Å²) >= 11 is 0. The molecule has 56 heavy (non-hydrogen) atoms. The second-order valence-corrected chi connectivity index (χ2v) is 16.8. The molecule has 0 bridgehead atoms. The first-order valence-electron chi connectivity index (χ1n) is 18.4. The lowest BCUT2D eigenvalue weighted by Crippen LogP contribution is -2.31. The van der Waals surface area contributed by atoms with Crippen LogP contribution in [-0.4, -0.2) is 140 Å². The molecule has 3 aromatic carbocycles. The average Bonchev–Trinajstić information content (AvgIpc) is 3.18. The van der Waals surface area contributed by atoms with E-state index >= 15 is 0 Å². The van der Waals surface area contributed by atoms with Crippen LogP contribution in [0.4, 0.5) is 0 Å². The summed E-state index contributed by atoms with van der Waals surface area (Å²) in [5.41, 5.74) is 2.06. The van der Waals surface area contributed by atoms with Gasteiger partial charge in [-0.25, -0.2) is 16.8 Å². The molecular formula is C40H55NO13S2. The molecular weight excluding hydrogens is 767 g/mol. The van der Waals surface area contributed by atoms with E-state index in [0.717, 1.165) is 11.1 Å². The van der Waals surface area contributed by atoms with E-state index in [9.17, 15) is 26.4 Å². The first-order valence-corrected chi connectivity index (χ1v) is 21.7. The monoisotopic (exact) mass is 821 g/mol. The Bertz CT molecular complexity index is 1720. The maximum absolute atomic E-state index is 13.7. The second-order valence-electron chi connectivity index (χ2n) is 12.8. The number of Topliss-reactive ketones (excluding diaryl/α,β-unsaturated/α-hetero) is 1. The van der Waals surface area contributed by atoms with Crippen LogP contribution in [-0.2, 0) is 52.8 Å². The molecule has 3 rings (SSSR count). The standard InChI is InChI=1S/C40H55NO13S2/c1-32-4-12-37(13-5-32)55(44,45)30-36(31-56(46,47)38-14-6-33(2)7-15-38)39(42)34-8-10-35(11-9-34)40(43)41-16-17-49-20-21-51-24-25-53-28-29-54-27-26-52-23-22-50-19-18-48-3/h4-15,36H,16-31H2,1-3H3,(H,41,43). The van der Waals surface area contributed by atoms with Gasteiger partial charge in [-0.2, -0.15) is 0 Å². The van der Waals surface area contributed by atoms with Crippen molar-refractivity contribution >= 4 is 31.4 Å². The van der Waals surface area contributed by atoms with Gasteiger partial charge < -0.3 is 38.5 Å². The van der Waals surface area contributed by atoms with Crippen molar-refractivity contribution in [1.29, 1.82) is 0 Å². The molecule has 0 aliphatic rings. The Labute approximate surface area is 330 Å². The highest BCUT2D eigenvalue weighted by molar-refractivity contribution is 7.92. The highest BCUT2D eigenvalue weighted by Gasteiger charge is 2.33. The topological polar surface area (TPSA) is 179 Å². The first kappa shape index (κ1) is 46.8. The number of methoxy groups -OCH3 is 1. The van der Waals surface area contributed by atoms with E-state index in [1.54, 1.807) is 31.4 Å². The van der Waals surface area contributed by atoms with Crippen LogP contribution in [0.25, 0.3) is 0 Å². The van der Waals surface area contributed by atoms with Gasteiger partial charge in [0.15, 0.2) is 25.5 Å². The van der Waals surface area contributed by atoms with Gasteiger partial charge in [-0.05, 0) is 50.2 Å². The molecule has 0 aliphatic carbocycles. The number of sulfone groups is 2. The van der Waals surface area contributed by atoms with Crippen LogP contribution in [0.2, 0.25) is 0 Å². The molecule has 3 aromatic rings. The number of aryl methyl sites for hydroxylation is 2. The molecule has 1 N–H and O–H groups in total. The lowest BCUT2D eigenvalue weighted by Gasteiger charge is -2.17. The Morgan fingerprint density at radius 1 is 0.500 bits per heavy atom. The number of nitrogens with one attached hydrogen (secondary N) is 1. The molecule has 0 radical (unpaired) electrons. The third kappa shape index (κ3) is 17.7. The fraction of sp³-hybridized carbons (Fsp3) is 0.500. The lowest BCUT2D eigenvalue weighted by molar-refractivity contribution is -0.0189. The molecule has 0 aromatic heterocycles. The van der Waals surface area contributed by atoms with Crippen LogP contribution in [0.3, 0.4) is 0 Å². The minimum Gasteiger partial charge on any atom is -0.382 e. The number of carbonyl (C=O) groups excluding carboxylic acids is 2. The van der Waals surface area contributed by atoms with Gasteiger partial charge in [0.05, 0.1) is 113 Å². The third-order valence-electron chi connectivity index (χ3n) is 8.23. The summed E-state index contributed by atoms with van der Waals surface area (Å²) in [7, 11) is -6.44. The fourth-order valence-corrected chi connectivity index (χ4v) is 8.35. The molecule has 0 fully saturated rings. The first-order chi connectivity index (χ1) is 26.9. The normalized spacial score (nSPS) is 11.9. The van der Waals surface area contributed by atoms with E-state index in [-0.39, 0.29) is 34.1 Å². The second kappa shape index (κ2) is 25.6. The zero-order chi connectivity index (χ0) is 40.7. The predicted octanol–water partition coefficient (Wildman–Crippen LogP) is 3.53. The minimum atomic E-state index is -4.03. The summed E-state index contributed by atoms with van der Waals surface area (Å²) < 4.78 is 91.0. The van der Waals surface area contributed by atoms with Crippen LogP contribution in [0.5, 0.6) is 0 Å². The van der Waals surface area contributed by atoms with E-state index in [1.807, 2.05) is 13.8 Å². The third-order valence-corrected chi connectivity index (χ3v) is 11.9. The van der Waals surface area contributed by atoms with Crippen LogP contribution in [0, 0.1) is 19.8 Å². The molecule has 1 amide bonds. The van der Waals surface area contributed by atoms with Crippen molar-refractivity contribution in [3.63, 3.8) is 0 Å². The van der Waals surface area contributed by atoms with Crippen molar-refractivity contribution < 1.29 is 59.6 Å². The summed E-state index contributed by atoms with van der Waals surface area (Å²) in [5, 5.41) is 2.74. The minimum absolute atomic E-state index is 0.00461. The number of hydrogen-bond acceptors (Lipinski definition) is 13. The molecule has 310 valence electrons. The summed E-state index contributed by atoms with van der Waals surface area (Å²) in [6.07, 6.45) is 0. The maximum Gasteiger partial charge on any atom is 0.251 e. The number of ketones is 1. The summed E-state index contributed by atoms with van der Waals surface area (Å²) in [6, 6.07) is 18.0. The van der Waals surface area contributed by atoms with Crippen molar-refractivity contribution in [2.75, 3.05) is 111 Å². The Kier molecular flexibility index (Phi) is 21.4. The summed E-state index contributed by atoms with van der Waals surface area (Å²) in [4.78, 5) is 26.5. The number of carbonyl (C=O) groups is 2. The smallest absolute Gasteiger partial charge is 0.251 e. The summed E-state index contributed by atoms with van der Waals surface area (Å²) in [5.74, 6) is -3.88. The summed E-state index contributed by atoms with van der Waals surface area (Å²) in [6.45, 7) is 9.58. The molecule has 0 heterocycles. The highest BCUT2D eigenvalue weighted by Crippen LogP contribution is 2.23. The van der Waals surface area contributed by atoms with Gasteiger partial charge >= 0.3 is 0 Å². The van der Waals surface area contributed by atoms with E-state index < -0.39 is 48.8 Å². The van der Waals surface area contributed by atoms with Crippen LogP contribution >= 0.6 is 0 Å². The number of ether oxygens (including phenoxy) is 7. The quantitative estimate of drug-likeness (QED) is 0.0764. The van der Waals surface area contributed by atoms with E-state index in [2.05, 4.69) is 5.32 Å². The molecule has 16 heteroatoms. The Morgan fingerprint density at radius 3 is 1.21 bits per heavy atom. The maximum atomic E-state index is 13.7. The predicted molar refractivity (Wildman–Crippen MR) is 210 cm³/mol. The number of amides is 1. The van der Waals surface area contributed by atoms with Gasteiger partial charge in [-0.15, -0.1) is 0 Å². The van der Waals surface area contributed by atoms with Gasteiger partial charge in [0.1, 0.15) is 0 Å². The molecule has 0 unspecified atom stereocenters. The van der Waals surface area contributed by atoms with E-state index in [1.165, 1.54) is 48.5 Å². The largest absolute Gasteiger partial charge is 0.382 e. The Hall–Kier alpha value is -3.58. The van der Waals surface area contributed by atoms with Gasteiger partial charge in [0.25, 0.3) is 5.91 Å². The Morgan fingerprint density at radius 2 is 0.839 bits per heavy atom. The molecule has 0 aliphatic heterocycles. The molecule has 0 saturated carbocycles. The number of benzene rings is 3. The van der Waals surface area contributed by atoms with Gasteiger partial charge in [-0.1, -0.05) is 47.5 Å². The van der Waals surface area contributed by atoms with Gasteiger partial charge in [0.2, 0.25) is 0 Å². The SMILES string of the molecule is COCCOCCOCCOCCOCCOCCOCCNC(=O)c1ccc(C(=O)C(CS(=O)(=O)c2ccc(C)cc2)CS(=O)(=O)c2ccc(C)cc2)cc1. The molecule has 0 saturated heterocycles. The van der Waals surface area contributed by atoms with Gasteiger partial charge in [-0.3, -0.25) is 9.59 Å². The average molecular weight is 822 g/mol. The van der Waals surface area contributed by atoms with Crippen molar-refractivity contribution in [2.24, 2.45) is 5.92 Å². The molecule has 0 atom stereocenters. The fourth-order valence-electron chi connectivity index (χ4n) is 5.12. The van der Waals surface area contributed by atoms with Crippen molar-refractivity contribution in [2.45, 2.75) is 23.6 Å². The van der Waals surface area contributed by atoms with Gasteiger partial charge in [0, 0.05) is 24.8 Å². The lowest BCUT2D eigenvalue weighted by atomic mass is 9.99.